The third kappa shape index (κ3) is 3.44. The first-order valence-corrected chi connectivity index (χ1v) is 6.74. The van der Waals surface area contributed by atoms with Gasteiger partial charge in [0.1, 0.15) is 5.75 Å². The van der Waals surface area contributed by atoms with E-state index in [9.17, 15) is 9.59 Å². The van der Waals surface area contributed by atoms with E-state index in [1.807, 2.05) is 19.1 Å². The maximum atomic E-state index is 11.4. The Bertz CT molecular complexity index is 680. The first kappa shape index (κ1) is 15.6. The molecule has 0 heterocycles. The van der Waals surface area contributed by atoms with Gasteiger partial charge in [-0.25, -0.2) is 4.79 Å². The van der Waals surface area contributed by atoms with Crippen molar-refractivity contribution in [3.63, 3.8) is 0 Å². The van der Waals surface area contributed by atoms with Crippen molar-refractivity contribution in [2.24, 2.45) is 0 Å². The second kappa shape index (κ2) is 6.76. The van der Waals surface area contributed by atoms with E-state index in [1.165, 1.54) is 17.0 Å². The number of carbonyl (C=O) groups excluding carboxylic acids is 1. The average Bonchev–Trinajstić information content (AvgIpc) is 2.53. The minimum Gasteiger partial charge on any atom is -0.496 e. The molecule has 0 fully saturated rings. The molecule has 0 aliphatic carbocycles. The average molecular weight is 299 g/mol. The fourth-order valence-corrected chi connectivity index (χ4v) is 2.13. The van der Waals surface area contributed by atoms with Crippen molar-refractivity contribution >= 4 is 18.1 Å². The molecular weight excluding hydrogens is 282 g/mol. The third-order valence-corrected chi connectivity index (χ3v) is 3.40. The molecule has 22 heavy (non-hydrogen) atoms. The summed E-state index contributed by atoms with van der Waals surface area (Å²) in [5.41, 5.74) is 2.78. The number of hydrogen-bond donors (Lipinski definition) is 1. The highest BCUT2D eigenvalue weighted by atomic mass is 16.5. The van der Waals surface area contributed by atoms with Crippen LogP contribution in [0, 0.1) is 6.92 Å². The van der Waals surface area contributed by atoms with Crippen molar-refractivity contribution in [3.8, 4) is 5.75 Å². The largest absolute Gasteiger partial charge is 0.496 e. The van der Waals surface area contributed by atoms with Gasteiger partial charge in [0.2, 0.25) is 6.41 Å². The number of amides is 1. The first-order valence-electron chi connectivity index (χ1n) is 6.74. The van der Waals surface area contributed by atoms with Gasteiger partial charge in [0, 0.05) is 11.8 Å². The van der Waals surface area contributed by atoms with Crippen molar-refractivity contribution in [2.75, 3.05) is 12.0 Å². The fraction of sp³-hybridized carbons (Fsp3) is 0.176. The summed E-state index contributed by atoms with van der Waals surface area (Å²) in [7, 11) is 1.59. The Morgan fingerprint density at radius 2 is 1.91 bits per heavy atom. The number of ether oxygens (including phenoxy) is 1. The van der Waals surface area contributed by atoms with E-state index >= 15 is 0 Å². The number of hydrogen-bond acceptors (Lipinski definition) is 3. The molecule has 0 saturated carbocycles. The van der Waals surface area contributed by atoms with Crippen LogP contribution in [0.4, 0.5) is 5.69 Å². The van der Waals surface area contributed by atoms with E-state index in [4.69, 9.17) is 9.84 Å². The molecule has 5 nitrogen and oxygen atoms in total. The lowest BCUT2D eigenvalue weighted by molar-refractivity contribution is -0.107. The van der Waals surface area contributed by atoms with Crippen LogP contribution in [-0.2, 0) is 11.3 Å². The maximum Gasteiger partial charge on any atom is 0.335 e. The van der Waals surface area contributed by atoms with Gasteiger partial charge in [-0.1, -0.05) is 18.2 Å². The molecule has 0 saturated heterocycles. The molecule has 1 amide bonds. The second-order valence-electron chi connectivity index (χ2n) is 4.89. The number of carbonyl (C=O) groups is 2. The predicted molar refractivity (Wildman–Crippen MR) is 83.4 cm³/mol. The van der Waals surface area contributed by atoms with Crippen molar-refractivity contribution in [3.05, 3.63) is 59.2 Å². The summed E-state index contributed by atoms with van der Waals surface area (Å²) in [6.07, 6.45) is 0.745. The van der Waals surface area contributed by atoms with Crippen LogP contribution in [-0.4, -0.2) is 24.6 Å². The minimum atomic E-state index is -0.970. The van der Waals surface area contributed by atoms with Gasteiger partial charge in [0.25, 0.3) is 0 Å². The summed E-state index contributed by atoms with van der Waals surface area (Å²) in [5, 5.41) is 8.88. The molecule has 0 atom stereocenters. The molecule has 114 valence electrons. The molecule has 0 spiro atoms. The minimum absolute atomic E-state index is 0.221. The predicted octanol–water partition coefficient (Wildman–Crippen LogP) is 2.86. The fourth-order valence-electron chi connectivity index (χ4n) is 2.13. The Kier molecular flexibility index (Phi) is 4.78. The van der Waals surface area contributed by atoms with Crippen molar-refractivity contribution in [1.29, 1.82) is 0 Å². The standard InChI is InChI=1S/C17H17NO4/c1-12-3-8-15(9-16(12)22-2)18(11-19)10-13-4-6-14(7-5-13)17(20)21/h3-9,11H,10H2,1-2H3,(H,20,21). The molecule has 0 aliphatic rings. The number of anilines is 1. The lowest BCUT2D eigenvalue weighted by Gasteiger charge is -2.19. The van der Waals surface area contributed by atoms with E-state index < -0.39 is 5.97 Å². The number of nitrogens with zero attached hydrogens (tertiary/aromatic N) is 1. The summed E-state index contributed by atoms with van der Waals surface area (Å²) in [4.78, 5) is 23.7. The highest BCUT2D eigenvalue weighted by Gasteiger charge is 2.10. The molecular formula is C17H17NO4. The maximum absolute atomic E-state index is 11.4. The van der Waals surface area contributed by atoms with E-state index in [1.54, 1.807) is 25.3 Å². The smallest absolute Gasteiger partial charge is 0.335 e. The summed E-state index contributed by atoms with van der Waals surface area (Å²) in [5.74, 6) is -0.257. The van der Waals surface area contributed by atoms with E-state index in [2.05, 4.69) is 0 Å². The monoisotopic (exact) mass is 299 g/mol. The van der Waals surface area contributed by atoms with Gasteiger partial charge >= 0.3 is 5.97 Å². The van der Waals surface area contributed by atoms with Crippen molar-refractivity contribution < 1.29 is 19.4 Å². The SMILES string of the molecule is COc1cc(N(C=O)Cc2ccc(C(=O)O)cc2)ccc1C. The van der Waals surface area contributed by atoms with E-state index in [-0.39, 0.29) is 5.56 Å². The molecule has 0 radical (unpaired) electrons. The molecule has 2 rings (SSSR count). The van der Waals surface area contributed by atoms with Gasteiger partial charge in [-0.05, 0) is 36.2 Å². The van der Waals surface area contributed by atoms with Crippen LogP contribution < -0.4 is 9.64 Å². The number of methoxy groups -OCH3 is 1. The molecule has 0 aromatic heterocycles. The van der Waals surface area contributed by atoms with Crippen LogP contribution in [0.2, 0.25) is 0 Å². The van der Waals surface area contributed by atoms with Gasteiger partial charge in [-0.3, -0.25) is 4.79 Å². The molecule has 0 aliphatic heterocycles. The topological polar surface area (TPSA) is 66.8 Å². The van der Waals surface area contributed by atoms with Crippen LogP contribution in [0.3, 0.4) is 0 Å². The van der Waals surface area contributed by atoms with Gasteiger partial charge in [0.05, 0.1) is 19.2 Å². The normalized spacial score (nSPS) is 10.1. The number of carboxylic acid groups (broad SMARTS) is 1. The molecule has 0 bridgehead atoms. The number of carboxylic acids is 1. The zero-order valence-corrected chi connectivity index (χ0v) is 12.4. The lowest BCUT2D eigenvalue weighted by Crippen LogP contribution is -2.20. The van der Waals surface area contributed by atoms with Crippen LogP contribution >= 0.6 is 0 Å². The highest BCUT2D eigenvalue weighted by Crippen LogP contribution is 2.25. The Morgan fingerprint density at radius 1 is 1.23 bits per heavy atom. The summed E-state index contributed by atoms with van der Waals surface area (Å²) in [6.45, 7) is 2.29. The number of aryl methyl sites for hydroxylation is 1. The van der Waals surface area contributed by atoms with Crippen molar-refractivity contribution in [2.45, 2.75) is 13.5 Å². The zero-order valence-electron chi connectivity index (χ0n) is 12.4. The molecule has 1 N–H and O–H groups in total. The Balaban J connectivity index is 2.21. The van der Waals surface area contributed by atoms with Crippen molar-refractivity contribution in [1.82, 2.24) is 0 Å². The van der Waals surface area contributed by atoms with Crippen LogP contribution in [0.15, 0.2) is 42.5 Å². The number of benzene rings is 2. The third-order valence-electron chi connectivity index (χ3n) is 3.40. The zero-order chi connectivity index (χ0) is 16.1. The Morgan fingerprint density at radius 3 is 2.45 bits per heavy atom. The summed E-state index contributed by atoms with van der Waals surface area (Å²) in [6, 6.07) is 12.0. The first-order chi connectivity index (χ1) is 10.5. The molecule has 2 aromatic carbocycles. The second-order valence-corrected chi connectivity index (χ2v) is 4.89. The van der Waals surface area contributed by atoms with Crippen LogP contribution in [0.5, 0.6) is 5.75 Å². The van der Waals surface area contributed by atoms with Gasteiger partial charge in [-0.2, -0.15) is 0 Å². The Labute approximate surface area is 128 Å². The summed E-state index contributed by atoms with van der Waals surface area (Å²) >= 11 is 0. The number of aromatic carboxylic acids is 1. The van der Waals surface area contributed by atoms with E-state index in [0.717, 1.165) is 23.2 Å². The highest BCUT2D eigenvalue weighted by molar-refractivity contribution is 5.87. The molecule has 5 heteroatoms. The van der Waals surface area contributed by atoms with Gasteiger partial charge in [0.15, 0.2) is 0 Å². The van der Waals surface area contributed by atoms with Gasteiger partial charge in [-0.15, -0.1) is 0 Å². The lowest BCUT2D eigenvalue weighted by atomic mass is 10.1. The van der Waals surface area contributed by atoms with Crippen LogP contribution in [0.1, 0.15) is 21.5 Å². The van der Waals surface area contributed by atoms with Crippen LogP contribution in [0.25, 0.3) is 0 Å². The molecule has 2 aromatic rings. The van der Waals surface area contributed by atoms with E-state index in [0.29, 0.717) is 12.3 Å². The quantitative estimate of drug-likeness (QED) is 0.833. The molecule has 0 unspecified atom stereocenters. The summed E-state index contributed by atoms with van der Waals surface area (Å²) < 4.78 is 5.26. The van der Waals surface area contributed by atoms with Gasteiger partial charge < -0.3 is 14.7 Å². The Hall–Kier alpha value is -2.82. The number of rotatable bonds is 6.